The van der Waals surface area contributed by atoms with E-state index in [1.807, 2.05) is 31.2 Å². The molecule has 2 aromatic heterocycles. The summed E-state index contributed by atoms with van der Waals surface area (Å²) >= 11 is 6.57. The second-order valence-corrected chi connectivity index (χ2v) is 8.73. The van der Waals surface area contributed by atoms with Gasteiger partial charge in [-0.3, -0.25) is 4.40 Å². The van der Waals surface area contributed by atoms with Crippen molar-refractivity contribution in [1.82, 2.24) is 14.4 Å². The zero-order chi connectivity index (χ0) is 20.7. The van der Waals surface area contributed by atoms with Gasteiger partial charge >= 0.3 is 0 Å². The third-order valence-electron chi connectivity index (χ3n) is 6.25. The van der Waals surface area contributed by atoms with Crippen LogP contribution in [0.2, 0.25) is 5.02 Å². The SMILES string of the molecule is Cc1cccc(Cl)c1-c1ncc2c(N)nc3ccc(NCC4CCCCC4)cc3n12. The maximum Gasteiger partial charge on any atom is 0.150 e. The molecular weight excluding hydrogens is 394 g/mol. The van der Waals surface area contributed by atoms with Gasteiger partial charge in [0.25, 0.3) is 0 Å². The fourth-order valence-corrected chi connectivity index (χ4v) is 4.92. The van der Waals surface area contributed by atoms with Gasteiger partial charge in [0, 0.05) is 17.8 Å². The highest BCUT2D eigenvalue weighted by molar-refractivity contribution is 6.33. The molecule has 30 heavy (non-hydrogen) atoms. The van der Waals surface area contributed by atoms with Gasteiger partial charge in [-0.25, -0.2) is 9.97 Å². The number of anilines is 2. The number of fused-ring (bicyclic) bond motifs is 3. The first-order chi connectivity index (χ1) is 14.6. The zero-order valence-corrected chi connectivity index (χ0v) is 17.9. The van der Waals surface area contributed by atoms with Gasteiger partial charge in [-0.15, -0.1) is 0 Å². The van der Waals surface area contributed by atoms with Gasteiger partial charge in [0.1, 0.15) is 17.2 Å². The van der Waals surface area contributed by atoms with Gasteiger partial charge in [-0.2, -0.15) is 0 Å². The lowest BCUT2D eigenvalue weighted by molar-refractivity contribution is 0.373. The Hall–Kier alpha value is -2.79. The smallest absolute Gasteiger partial charge is 0.150 e. The van der Waals surface area contributed by atoms with Crippen molar-refractivity contribution < 1.29 is 0 Å². The number of aromatic nitrogens is 3. The number of imidazole rings is 1. The zero-order valence-electron chi connectivity index (χ0n) is 17.2. The standard InChI is InChI=1S/C24H26ClN5/c1-15-6-5-9-18(25)22(15)24-28-14-21-23(26)29-19-11-10-17(12-20(19)30(21)24)27-13-16-7-3-2-4-8-16/h5-6,9-12,14,16,27H,2-4,7-8,13H2,1H3,(H2,26,29). The lowest BCUT2D eigenvalue weighted by atomic mass is 9.89. The van der Waals surface area contributed by atoms with Gasteiger partial charge in [0.05, 0.1) is 22.3 Å². The Labute approximate surface area is 181 Å². The molecular formula is C24H26ClN5. The predicted molar refractivity (Wildman–Crippen MR) is 125 cm³/mol. The molecule has 0 unspecified atom stereocenters. The number of rotatable bonds is 4. The molecule has 5 rings (SSSR count). The molecule has 2 aromatic carbocycles. The number of nitrogens with one attached hydrogen (secondary N) is 1. The van der Waals surface area contributed by atoms with Crippen molar-refractivity contribution in [2.45, 2.75) is 39.0 Å². The largest absolute Gasteiger partial charge is 0.385 e. The Balaban J connectivity index is 1.62. The molecule has 0 bridgehead atoms. The van der Waals surface area contributed by atoms with Crippen molar-refractivity contribution in [2.24, 2.45) is 5.92 Å². The van der Waals surface area contributed by atoms with Gasteiger partial charge in [-0.1, -0.05) is 43.0 Å². The Bertz CT molecular complexity index is 1200. The molecule has 0 amide bonds. The predicted octanol–water partition coefficient (Wildman–Crippen LogP) is 6.09. The number of benzene rings is 2. The van der Waals surface area contributed by atoms with E-state index in [4.69, 9.17) is 17.3 Å². The lowest BCUT2D eigenvalue weighted by Gasteiger charge is -2.22. The van der Waals surface area contributed by atoms with Crippen LogP contribution >= 0.6 is 11.6 Å². The minimum Gasteiger partial charge on any atom is -0.385 e. The quantitative estimate of drug-likeness (QED) is 0.420. The molecule has 154 valence electrons. The maximum absolute atomic E-state index is 6.57. The van der Waals surface area contributed by atoms with Crippen LogP contribution in [0.1, 0.15) is 37.7 Å². The van der Waals surface area contributed by atoms with Crippen LogP contribution in [0.15, 0.2) is 42.6 Å². The molecule has 0 radical (unpaired) electrons. The van der Waals surface area contributed by atoms with E-state index in [2.05, 4.69) is 31.8 Å². The highest BCUT2D eigenvalue weighted by Crippen LogP contribution is 2.34. The highest BCUT2D eigenvalue weighted by atomic mass is 35.5. The molecule has 0 aliphatic heterocycles. The van der Waals surface area contributed by atoms with E-state index >= 15 is 0 Å². The molecule has 4 aromatic rings. The molecule has 0 saturated heterocycles. The van der Waals surface area contributed by atoms with Crippen molar-refractivity contribution in [3.05, 3.63) is 53.2 Å². The van der Waals surface area contributed by atoms with Crippen molar-refractivity contribution in [2.75, 3.05) is 17.6 Å². The van der Waals surface area contributed by atoms with E-state index in [0.717, 1.165) is 51.7 Å². The fraction of sp³-hybridized carbons (Fsp3) is 0.333. The lowest BCUT2D eigenvalue weighted by Crippen LogP contribution is -2.17. The summed E-state index contributed by atoms with van der Waals surface area (Å²) < 4.78 is 2.08. The summed E-state index contributed by atoms with van der Waals surface area (Å²) in [5.74, 6) is 2.01. The molecule has 5 nitrogen and oxygen atoms in total. The van der Waals surface area contributed by atoms with Gasteiger partial charge in [0.15, 0.2) is 0 Å². The van der Waals surface area contributed by atoms with Crippen LogP contribution in [0.3, 0.4) is 0 Å². The van der Waals surface area contributed by atoms with Gasteiger partial charge in [0.2, 0.25) is 0 Å². The van der Waals surface area contributed by atoms with Crippen molar-refractivity contribution in [3.63, 3.8) is 0 Å². The van der Waals surface area contributed by atoms with Gasteiger partial charge in [-0.05, 0) is 55.5 Å². The van der Waals surface area contributed by atoms with Crippen LogP contribution in [0.4, 0.5) is 11.5 Å². The molecule has 1 aliphatic carbocycles. The molecule has 1 fully saturated rings. The number of nitrogens with two attached hydrogens (primary N) is 1. The first kappa shape index (κ1) is 19.2. The molecule has 1 aliphatic rings. The van der Waals surface area contributed by atoms with E-state index in [0.29, 0.717) is 10.8 Å². The van der Waals surface area contributed by atoms with Crippen LogP contribution in [0.25, 0.3) is 27.9 Å². The summed E-state index contributed by atoms with van der Waals surface area (Å²) in [4.78, 5) is 9.29. The Morgan fingerprint density at radius 1 is 1.13 bits per heavy atom. The third kappa shape index (κ3) is 3.37. The molecule has 0 spiro atoms. The molecule has 0 atom stereocenters. The second kappa shape index (κ2) is 7.80. The van der Waals surface area contributed by atoms with Crippen LogP contribution in [-0.4, -0.2) is 20.9 Å². The average Bonchev–Trinajstić information content (AvgIpc) is 3.19. The van der Waals surface area contributed by atoms with Crippen molar-refractivity contribution in [1.29, 1.82) is 0 Å². The summed E-state index contributed by atoms with van der Waals surface area (Å²) in [6.45, 7) is 3.06. The number of nitrogen functional groups attached to an aromatic ring is 1. The number of hydrogen-bond donors (Lipinski definition) is 2. The number of hydrogen-bond acceptors (Lipinski definition) is 4. The van der Waals surface area contributed by atoms with Gasteiger partial charge < -0.3 is 11.1 Å². The average molecular weight is 420 g/mol. The summed E-state index contributed by atoms with van der Waals surface area (Å²) in [6.07, 6.45) is 8.50. The Morgan fingerprint density at radius 2 is 1.97 bits per heavy atom. The first-order valence-corrected chi connectivity index (χ1v) is 11.1. The molecule has 3 N–H and O–H groups in total. The monoisotopic (exact) mass is 419 g/mol. The van der Waals surface area contributed by atoms with Crippen LogP contribution in [0.5, 0.6) is 0 Å². The van der Waals surface area contributed by atoms with Crippen LogP contribution in [0, 0.1) is 12.8 Å². The Morgan fingerprint density at radius 3 is 2.77 bits per heavy atom. The maximum atomic E-state index is 6.57. The molecule has 6 heteroatoms. The van der Waals surface area contributed by atoms with Crippen molar-refractivity contribution >= 4 is 39.7 Å². The topological polar surface area (TPSA) is 68.2 Å². The fourth-order valence-electron chi connectivity index (χ4n) is 4.62. The molecule has 1 saturated carbocycles. The number of aryl methyl sites for hydroxylation is 1. The van der Waals surface area contributed by atoms with Crippen LogP contribution < -0.4 is 11.1 Å². The highest BCUT2D eigenvalue weighted by Gasteiger charge is 2.18. The molecule has 2 heterocycles. The summed E-state index contributed by atoms with van der Waals surface area (Å²) in [7, 11) is 0. The summed E-state index contributed by atoms with van der Waals surface area (Å²) in [5, 5.41) is 4.32. The minimum atomic E-state index is 0.467. The van der Waals surface area contributed by atoms with E-state index in [1.54, 1.807) is 6.20 Å². The minimum absolute atomic E-state index is 0.467. The summed E-state index contributed by atoms with van der Waals surface area (Å²) in [5.41, 5.74) is 12.0. The number of nitrogens with zero attached hydrogens (tertiary/aromatic N) is 3. The van der Waals surface area contributed by atoms with E-state index < -0.39 is 0 Å². The van der Waals surface area contributed by atoms with E-state index in [9.17, 15) is 0 Å². The Kier molecular flexibility index (Phi) is 4.99. The third-order valence-corrected chi connectivity index (χ3v) is 6.56. The second-order valence-electron chi connectivity index (χ2n) is 8.32. The van der Waals surface area contributed by atoms with Crippen LogP contribution in [-0.2, 0) is 0 Å². The summed E-state index contributed by atoms with van der Waals surface area (Å²) in [6, 6.07) is 12.2. The van der Waals surface area contributed by atoms with E-state index in [-0.39, 0.29) is 0 Å². The first-order valence-electron chi connectivity index (χ1n) is 10.7. The number of halogens is 1. The van der Waals surface area contributed by atoms with E-state index in [1.165, 1.54) is 32.1 Å². The van der Waals surface area contributed by atoms with Crippen molar-refractivity contribution in [3.8, 4) is 11.4 Å². The normalized spacial score (nSPS) is 15.1.